The summed E-state index contributed by atoms with van der Waals surface area (Å²) in [6.07, 6.45) is 8.21. The van der Waals surface area contributed by atoms with Gasteiger partial charge in [-0.1, -0.05) is 23.3 Å². The Hall–Kier alpha value is -3.54. The summed E-state index contributed by atoms with van der Waals surface area (Å²) in [5.41, 5.74) is 5.13. The number of hydrogen-bond acceptors (Lipinski definition) is 5. The predicted molar refractivity (Wildman–Crippen MR) is 160 cm³/mol. The standard InChI is InChI=1S/C31H30F2N4O3S2/c1-17-4-2-3-5-21(17)22-15-20(9-10-24(22)32)29-23(12-19-8-11-28(42(34)40)25(33)13-19)27(14-18-6-7-18)37(36-29)31-35-26(16-41-31)30(38)39/h5,8-11,13,15-18H,2-4,6-7,12,14H2,1H3,(H2,34,40)(H,38,39)/p+1. The second kappa shape index (κ2) is 11.6. The summed E-state index contributed by atoms with van der Waals surface area (Å²) >= 11 is 1.19. The number of aromatic carboxylic acids is 1. The number of carboxylic acid groups (broad SMARTS) is 1. The van der Waals surface area contributed by atoms with E-state index < -0.39 is 22.8 Å². The molecule has 2 heterocycles. The molecule has 2 aliphatic rings. The van der Waals surface area contributed by atoms with E-state index in [0.29, 0.717) is 46.3 Å². The van der Waals surface area contributed by atoms with Crippen LogP contribution < -0.4 is 5.14 Å². The zero-order chi connectivity index (χ0) is 29.5. The fraction of sp³-hybridized carbons (Fsp3) is 0.323. The van der Waals surface area contributed by atoms with E-state index in [2.05, 4.69) is 18.0 Å². The Balaban J connectivity index is 1.53. The van der Waals surface area contributed by atoms with Gasteiger partial charge < -0.3 is 5.11 Å². The highest BCUT2D eigenvalue weighted by molar-refractivity contribution is 7.82. The maximum absolute atomic E-state index is 15.2. The lowest BCUT2D eigenvalue weighted by molar-refractivity contribution is 0.0691. The van der Waals surface area contributed by atoms with Crippen molar-refractivity contribution in [1.29, 1.82) is 0 Å². The highest BCUT2D eigenvalue weighted by atomic mass is 32.2. The molecule has 6 rings (SSSR count). The zero-order valence-corrected chi connectivity index (χ0v) is 24.7. The van der Waals surface area contributed by atoms with E-state index in [4.69, 9.17) is 10.2 Å². The first-order valence-electron chi connectivity index (χ1n) is 14.0. The number of nitrogens with zero attached hydrogens (tertiary/aromatic N) is 3. The van der Waals surface area contributed by atoms with Crippen LogP contribution in [0.1, 0.15) is 71.9 Å². The van der Waals surface area contributed by atoms with E-state index in [-0.39, 0.29) is 22.3 Å². The van der Waals surface area contributed by atoms with Crippen LogP contribution in [0.15, 0.2) is 52.7 Å². The van der Waals surface area contributed by atoms with Crippen LogP contribution in [-0.4, -0.2) is 25.8 Å². The summed E-state index contributed by atoms with van der Waals surface area (Å²) in [5.74, 6) is -1.38. The predicted octanol–water partition coefficient (Wildman–Crippen LogP) is 6.65. The molecule has 11 heteroatoms. The number of aromatic nitrogens is 3. The third kappa shape index (κ3) is 5.73. The van der Waals surface area contributed by atoms with Crippen molar-refractivity contribution in [2.75, 3.05) is 0 Å². The smallest absolute Gasteiger partial charge is 0.355 e. The Kier molecular flexibility index (Phi) is 7.91. The number of allylic oxidation sites excluding steroid dienone is 2. The number of hydrogen-bond donors (Lipinski definition) is 2. The normalized spacial score (nSPS) is 17.7. The van der Waals surface area contributed by atoms with Crippen molar-refractivity contribution >= 4 is 33.9 Å². The molecular weight excluding hydrogens is 578 g/mol. The van der Waals surface area contributed by atoms with Crippen molar-refractivity contribution in [2.45, 2.75) is 56.8 Å². The minimum Gasteiger partial charge on any atom is -0.476 e. The first-order valence-corrected chi connectivity index (χ1v) is 16.2. The molecule has 3 N–H and O–H groups in total. The highest BCUT2D eigenvalue weighted by Gasteiger charge is 2.30. The molecule has 4 aromatic rings. The number of thiol groups is 1. The van der Waals surface area contributed by atoms with Crippen LogP contribution in [0.5, 0.6) is 0 Å². The second-order valence-corrected chi connectivity index (χ2v) is 13.1. The van der Waals surface area contributed by atoms with Crippen molar-refractivity contribution in [3.05, 3.63) is 87.6 Å². The Morgan fingerprint density at radius 2 is 1.98 bits per heavy atom. The average Bonchev–Trinajstić information content (AvgIpc) is 3.51. The van der Waals surface area contributed by atoms with Gasteiger partial charge in [0.05, 0.1) is 11.4 Å². The quantitative estimate of drug-likeness (QED) is 0.163. The summed E-state index contributed by atoms with van der Waals surface area (Å²) in [4.78, 5) is 15.9. The fourth-order valence-corrected chi connectivity index (χ4v) is 6.95. The van der Waals surface area contributed by atoms with Gasteiger partial charge >= 0.3 is 5.97 Å². The summed E-state index contributed by atoms with van der Waals surface area (Å²) in [6, 6.07) is 9.50. The molecule has 7 nitrogen and oxygen atoms in total. The van der Waals surface area contributed by atoms with Crippen molar-refractivity contribution in [3.8, 4) is 16.4 Å². The maximum Gasteiger partial charge on any atom is 0.355 e. The Morgan fingerprint density at radius 3 is 2.64 bits per heavy atom. The van der Waals surface area contributed by atoms with Gasteiger partial charge in [0, 0.05) is 28.5 Å². The summed E-state index contributed by atoms with van der Waals surface area (Å²) < 4.78 is 43.6. The zero-order valence-electron chi connectivity index (χ0n) is 23.0. The molecule has 0 saturated heterocycles. The van der Waals surface area contributed by atoms with Gasteiger partial charge in [-0.05, 0) is 91.8 Å². The van der Waals surface area contributed by atoms with Gasteiger partial charge in [0.2, 0.25) is 10.0 Å². The number of rotatable bonds is 9. The van der Waals surface area contributed by atoms with Gasteiger partial charge in [-0.25, -0.2) is 23.2 Å². The van der Waals surface area contributed by atoms with Gasteiger partial charge in [-0.15, -0.1) is 16.5 Å². The molecule has 0 amide bonds. The van der Waals surface area contributed by atoms with Crippen LogP contribution in [0.3, 0.4) is 0 Å². The van der Waals surface area contributed by atoms with Gasteiger partial charge in [0.25, 0.3) is 0 Å². The van der Waals surface area contributed by atoms with Crippen molar-refractivity contribution in [3.63, 3.8) is 0 Å². The van der Waals surface area contributed by atoms with Crippen LogP contribution in [0, 0.1) is 23.5 Å². The fourth-order valence-electron chi connectivity index (χ4n) is 5.68. The Bertz CT molecular complexity index is 1740. The summed E-state index contributed by atoms with van der Waals surface area (Å²) in [6.45, 7) is 2.11. The number of benzene rings is 2. The van der Waals surface area contributed by atoms with E-state index in [1.165, 1.54) is 34.9 Å². The molecular formula is C31H31F2N4O3S2+. The Labute approximate surface area is 248 Å². The van der Waals surface area contributed by atoms with Gasteiger partial charge in [-0.3, -0.25) is 0 Å². The molecule has 2 atom stereocenters. The number of nitrogens with two attached hydrogens (primary N) is 1. The first-order chi connectivity index (χ1) is 20.2. The molecule has 0 spiro atoms. The first kappa shape index (κ1) is 28.6. The molecule has 1 fully saturated rings. The molecule has 2 aromatic heterocycles. The molecule has 0 aliphatic heterocycles. The Morgan fingerprint density at radius 1 is 1.17 bits per heavy atom. The molecule has 42 heavy (non-hydrogen) atoms. The SMILES string of the molecule is CC1CCCC=C1c1cc(-c2nn(-c3nc(C(=O)O)cs3)c(CC3CC3)c2Cc2ccc([SH+](N)=O)c(F)c2)ccc1F. The second-order valence-electron chi connectivity index (χ2n) is 11.1. The summed E-state index contributed by atoms with van der Waals surface area (Å²) in [5, 5.41) is 21.8. The lowest BCUT2D eigenvalue weighted by atomic mass is 9.84. The number of thiazole rings is 1. The topological polar surface area (TPSA) is 111 Å². The van der Waals surface area contributed by atoms with Crippen molar-refractivity contribution < 1.29 is 22.9 Å². The molecule has 218 valence electrons. The summed E-state index contributed by atoms with van der Waals surface area (Å²) in [7, 11) is -2.32. The van der Waals surface area contributed by atoms with Crippen LogP contribution in [0.25, 0.3) is 22.0 Å². The monoisotopic (exact) mass is 609 g/mol. The molecule has 1 saturated carbocycles. The van der Waals surface area contributed by atoms with Crippen molar-refractivity contribution in [2.24, 2.45) is 17.0 Å². The van der Waals surface area contributed by atoms with E-state index in [0.717, 1.165) is 48.9 Å². The third-order valence-electron chi connectivity index (χ3n) is 8.08. The molecule has 2 unspecified atom stereocenters. The third-order valence-corrected chi connectivity index (χ3v) is 9.73. The molecule has 0 bridgehead atoms. The lowest BCUT2D eigenvalue weighted by Gasteiger charge is -2.21. The minimum absolute atomic E-state index is 0.0371. The number of halogens is 2. The highest BCUT2D eigenvalue weighted by Crippen LogP contribution is 2.40. The van der Waals surface area contributed by atoms with Gasteiger partial charge in [-0.2, -0.15) is 5.10 Å². The van der Waals surface area contributed by atoms with Gasteiger partial charge in [0.15, 0.2) is 22.5 Å². The van der Waals surface area contributed by atoms with Crippen LogP contribution in [0.2, 0.25) is 0 Å². The molecule has 0 radical (unpaired) electrons. The van der Waals surface area contributed by atoms with Crippen LogP contribution in [-0.2, 0) is 28.0 Å². The van der Waals surface area contributed by atoms with E-state index in [1.807, 2.05) is 6.07 Å². The van der Waals surface area contributed by atoms with E-state index >= 15 is 4.39 Å². The number of carboxylic acids is 1. The molecule has 2 aliphatic carbocycles. The largest absolute Gasteiger partial charge is 0.476 e. The average molecular weight is 610 g/mol. The minimum atomic E-state index is -2.32. The van der Waals surface area contributed by atoms with E-state index in [9.17, 15) is 18.5 Å². The van der Waals surface area contributed by atoms with Crippen molar-refractivity contribution in [1.82, 2.24) is 14.8 Å². The maximum atomic E-state index is 15.2. The lowest BCUT2D eigenvalue weighted by Crippen LogP contribution is -2.07. The van der Waals surface area contributed by atoms with Crippen LogP contribution in [0.4, 0.5) is 8.78 Å². The molecule has 2 aromatic carbocycles. The van der Waals surface area contributed by atoms with Crippen LogP contribution >= 0.6 is 11.3 Å². The number of carbonyl (C=O) groups is 1. The van der Waals surface area contributed by atoms with Gasteiger partial charge in [0.1, 0.15) is 5.82 Å². The van der Waals surface area contributed by atoms with E-state index in [1.54, 1.807) is 16.8 Å².